The quantitative estimate of drug-likeness (QED) is 0.904. The number of sulfone groups is 1. The maximum Gasteiger partial charge on any atom is 0.154 e. The molecule has 1 aromatic rings. The molecule has 0 aromatic heterocycles. The third-order valence-electron chi connectivity index (χ3n) is 2.72. The SMILES string of the molecule is NCc1ccc(OC2CCS(=O)(=O)C2)c(Cl)c1. The Morgan fingerprint density at radius 2 is 2.24 bits per heavy atom. The molecule has 17 heavy (non-hydrogen) atoms. The molecule has 1 aliphatic rings. The monoisotopic (exact) mass is 275 g/mol. The maximum atomic E-state index is 11.3. The van der Waals surface area contributed by atoms with Gasteiger partial charge in [0.15, 0.2) is 9.84 Å². The van der Waals surface area contributed by atoms with Crippen molar-refractivity contribution in [3.05, 3.63) is 28.8 Å². The van der Waals surface area contributed by atoms with E-state index in [1.165, 1.54) is 0 Å². The molecule has 2 rings (SSSR count). The van der Waals surface area contributed by atoms with Gasteiger partial charge in [-0.15, -0.1) is 0 Å². The zero-order chi connectivity index (χ0) is 12.5. The highest BCUT2D eigenvalue weighted by Gasteiger charge is 2.29. The molecule has 4 nitrogen and oxygen atoms in total. The zero-order valence-electron chi connectivity index (χ0n) is 9.23. The first-order chi connectivity index (χ1) is 8.00. The van der Waals surface area contributed by atoms with Crippen LogP contribution in [0.5, 0.6) is 5.75 Å². The molecule has 0 amide bonds. The molecular formula is C11H14ClNO3S. The van der Waals surface area contributed by atoms with Gasteiger partial charge in [0.2, 0.25) is 0 Å². The van der Waals surface area contributed by atoms with Gasteiger partial charge in [-0.05, 0) is 24.1 Å². The van der Waals surface area contributed by atoms with E-state index in [4.69, 9.17) is 22.1 Å². The molecule has 1 atom stereocenters. The molecule has 1 unspecified atom stereocenters. The van der Waals surface area contributed by atoms with Crippen molar-refractivity contribution in [3.8, 4) is 5.75 Å². The summed E-state index contributed by atoms with van der Waals surface area (Å²) < 4.78 is 28.2. The van der Waals surface area contributed by atoms with Crippen LogP contribution in [0.2, 0.25) is 5.02 Å². The smallest absolute Gasteiger partial charge is 0.154 e. The number of rotatable bonds is 3. The van der Waals surface area contributed by atoms with Crippen LogP contribution in [0.15, 0.2) is 18.2 Å². The van der Waals surface area contributed by atoms with E-state index < -0.39 is 9.84 Å². The minimum absolute atomic E-state index is 0.0714. The Morgan fingerprint density at radius 1 is 1.47 bits per heavy atom. The Bertz CT molecular complexity index is 515. The van der Waals surface area contributed by atoms with Gasteiger partial charge in [-0.2, -0.15) is 0 Å². The summed E-state index contributed by atoms with van der Waals surface area (Å²) in [5.74, 6) is 0.781. The predicted octanol–water partition coefficient (Wildman–Crippen LogP) is 1.36. The van der Waals surface area contributed by atoms with Crippen molar-refractivity contribution in [3.63, 3.8) is 0 Å². The number of hydrogen-bond donors (Lipinski definition) is 1. The normalized spacial score (nSPS) is 22.6. The van der Waals surface area contributed by atoms with Crippen LogP contribution >= 0.6 is 11.6 Å². The Morgan fingerprint density at radius 3 is 2.76 bits per heavy atom. The third kappa shape index (κ3) is 3.12. The highest BCUT2D eigenvalue weighted by molar-refractivity contribution is 7.91. The van der Waals surface area contributed by atoms with Crippen molar-refractivity contribution < 1.29 is 13.2 Å². The topological polar surface area (TPSA) is 69.4 Å². The summed E-state index contributed by atoms with van der Waals surface area (Å²) >= 11 is 6.03. The van der Waals surface area contributed by atoms with Crippen molar-refractivity contribution in [1.82, 2.24) is 0 Å². The van der Waals surface area contributed by atoms with Gasteiger partial charge in [-0.1, -0.05) is 17.7 Å². The summed E-state index contributed by atoms with van der Waals surface area (Å²) in [6.07, 6.45) is 0.235. The lowest BCUT2D eigenvalue weighted by atomic mass is 10.2. The van der Waals surface area contributed by atoms with Crippen LogP contribution in [0.3, 0.4) is 0 Å². The van der Waals surface area contributed by atoms with Crippen molar-refractivity contribution in [2.45, 2.75) is 19.1 Å². The molecule has 1 fully saturated rings. The van der Waals surface area contributed by atoms with Gasteiger partial charge in [0, 0.05) is 6.54 Å². The van der Waals surface area contributed by atoms with Crippen molar-refractivity contribution in [2.24, 2.45) is 5.73 Å². The summed E-state index contributed by atoms with van der Waals surface area (Å²) in [5.41, 5.74) is 6.41. The van der Waals surface area contributed by atoms with E-state index >= 15 is 0 Å². The second-order valence-corrected chi connectivity index (χ2v) is 6.75. The number of benzene rings is 1. The largest absolute Gasteiger partial charge is 0.488 e. The standard InChI is InChI=1S/C11H14ClNO3S/c12-10-5-8(6-13)1-2-11(10)16-9-3-4-17(14,15)7-9/h1-2,5,9H,3-4,6-7,13H2. The van der Waals surface area contributed by atoms with E-state index in [0.717, 1.165) is 5.56 Å². The molecule has 1 saturated heterocycles. The fourth-order valence-electron chi connectivity index (χ4n) is 1.80. The molecule has 2 N–H and O–H groups in total. The van der Waals surface area contributed by atoms with E-state index in [9.17, 15) is 8.42 Å². The predicted molar refractivity (Wildman–Crippen MR) is 67.0 cm³/mol. The fourth-order valence-corrected chi connectivity index (χ4v) is 3.64. The average Bonchev–Trinajstić information content (AvgIpc) is 2.61. The minimum Gasteiger partial charge on any atom is -0.488 e. The molecule has 0 spiro atoms. The van der Waals surface area contributed by atoms with Crippen LogP contribution in [0.1, 0.15) is 12.0 Å². The van der Waals surface area contributed by atoms with Crippen LogP contribution in [0.4, 0.5) is 0 Å². The fraction of sp³-hybridized carbons (Fsp3) is 0.455. The molecule has 0 saturated carbocycles. The zero-order valence-corrected chi connectivity index (χ0v) is 10.8. The highest BCUT2D eigenvalue weighted by atomic mass is 35.5. The van der Waals surface area contributed by atoms with Gasteiger partial charge in [-0.25, -0.2) is 8.42 Å². The van der Waals surface area contributed by atoms with E-state index in [2.05, 4.69) is 0 Å². The van der Waals surface area contributed by atoms with E-state index in [-0.39, 0.29) is 17.6 Å². The van der Waals surface area contributed by atoms with Crippen molar-refractivity contribution in [1.29, 1.82) is 0 Å². The first-order valence-corrected chi connectivity index (χ1v) is 7.56. The summed E-state index contributed by atoms with van der Waals surface area (Å²) in [4.78, 5) is 0. The van der Waals surface area contributed by atoms with E-state index in [1.54, 1.807) is 12.1 Å². The Labute approximate surface area is 106 Å². The summed E-state index contributed by atoms with van der Waals surface area (Å²) in [6, 6.07) is 5.29. The first-order valence-electron chi connectivity index (χ1n) is 5.36. The number of ether oxygens (including phenoxy) is 1. The molecular weight excluding hydrogens is 262 g/mol. The van der Waals surface area contributed by atoms with Crippen LogP contribution in [-0.2, 0) is 16.4 Å². The molecule has 94 valence electrons. The van der Waals surface area contributed by atoms with E-state index in [1.807, 2.05) is 6.07 Å². The molecule has 6 heteroatoms. The third-order valence-corrected chi connectivity index (χ3v) is 4.75. The Balaban J connectivity index is 2.09. The lowest BCUT2D eigenvalue weighted by Gasteiger charge is -2.13. The second-order valence-electron chi connectivity index (χ2n) is 4.11. The lowest BCUT2D eigenvalue weighted by molar-refractivity contribution is 0.229. The average molecular weight is 276 g/mol. The maximum absolute atomic E-state index is 11.3. The van der Waals surface area contributed by atoms with Gasteiger partial charge in [0.25, 0.3) is 0 Å². The molecule has 0 aliphatic carbocycles. The summed E-state index contributed by atoms with van der Waals surface area (Å²) in [7, 11) is -2.93. The van der Waals surface area contributed by atoms with Gasteiger partial charge in [0.1, 0.15) is 11.9 Å². The van der Waals surface area contributed by atoms with Crippen LogP contribution in [0.25, 0.3) is 0 Å². The molecule has 1 aromatic carbocycles. The second kappa shape index (κ2) is 4.84. The molecule has 1 aliphatic heterocycles. The summed E-state index contributed by atoms with van der Waals surface area (Å²) in [5, 5.41) is 0.470. The van der Waals surface area contributed by atoms with Crippen LogP contribution in [-0.4, -0.2) is 26.0 Å². The van der Waals surface area contributed by atoms with Crippen molar-refractivity contribution in [2.75, 3.05) is 11.5 Å². The molecule has 0 bridgehead atoms. The van der Waals surface area contributed by atoms with E-state index in [0.29, 0.717) is 23.7 Å². The summed E-state index contributed by atoms with van der Waals surface area (Å²) in [6.45, 7) is 0.414. The van der Waals surface area contributed by atoms with Crippen LogP contribution in [0, 0.1) is 0 Å². The Kier molecular flexibility index (Phi) is 3.61. The molecule has 0 radical (unpaired) electrons. The van der Waals surface area contributed by atoms with Gasteiger partial charge >= 0.3 is 0 Å². The number of hydrogen-bond acceptors (Lipinski definition) is 4. The van der Waals surface area contributed by atoms with Gasteiger partial charge < -0.3 is 10.5 Å². The molecule has 1 heterocycles. The lowest BCUT2D eigenvalue weighted by Crippen LogP contribution is -2.17. The van der Waals surface area contributed by atoms with Crippen molar-refractivity contribution >= 4 is 21.4 Å². The number of halogens is 1. The number of nitrogens with two attached hydrogens (primary N) is 1. The first kappa shape index (κ1) is 12.7. The minimum atomic E-state index is -2.93. The van der Waals surface area contributed by atoms with Crippen LogP contribution < -0.4 is 10.5 Å². The van der Waals surface area contributed by atoms with Gasteiger partial charge in [0.05, 0.1) is 16.5 Å². The highest BCUT2D eigenvalue weighted by Crippen LogP contribution is 2.28. The van der Waals surface area contributed by atoms with Gasteiger partial charge in [-0.3, -0.25) is 0 Å². The Hall–Kier alpha value is -0.780.